The maximum absolute atomic E-state index is 14.5. The molecule has 5 rings (SSSR count). The molecule has 0 aliphatic carbocycles. The summed E-state index contributed by atoms with van der Waals surface area (Å²) in [4.78, 5) is 0. The number of methoxy groups -OCH3 is 1. The molecular weight excluding hydrogens is 887 g/mol. The highest BCUT2D eigenvalue weighted by atomic mass is 19.4. The van der Waals surface area contributed by atoms with E-state index in [1.165, 1.54) is 31.4 Å². The van der Waals surface area contributed by atoms with Gasteiger partial charge >= 0.3 is 47.6 Å². The Labute approximate surface area is 341 Å². The van der Waals surface area contributed by atoms with Crippen LogP contribution in [0.3, 0.4) is 0 Å². The summed E-state index contributed by atoms with van der Waals surface area (Å²) in [6.07, 6.45) is -17.8. The fourth-order valence-corrected chi connectivity index (χ4v) is 6.51. The third-order valence-corrected chi connectivity index (χ3v) is 10.1. The molecule has 3 aromatic carbocycles. The zero-order valence-corrected chi connectivity index (χ0v) is 31.7. The molecule has 62 heavy (non-hydrogen) atoms. The molecule has 6 nitrogen and oxygen atoms in total. The van der Waals surface area contributed by atoms with E-state index in [0.29, 0.717) is 0 Å². The van der Waals surface area contributed by atoms with Crippen molar-refractivity contribution in [1.29, 1.82) is 0 Å². The van der Waals surface area contributed by atoms with Gasteiger partial charge in [-0.25, -0.2) is 0 Å². The number of fused-ring (bicyclic) bond motifs is 1. The van der Waals surface area contributed by atoms with Crippen molar-refractivity contribution < 1.29 is 103 Å². The largest absolute Gasteiger partial charge is 0.460 e. The predicted molar refractivity (Wildman–Crippen MR) is 179 cm³/mol. The van der Waals surface area contributed by atoms with Crippen molar-refractivity contribution >= 4 is 0 Å². The molecule has 0 saturated carbocycles. The lowest BCUT2D eigenvalue weighted by Gasteiger charge is -2.48. The molecule has 346 valence electrons. The number of hydrogen-bond acceptors (Lipinski definition) is 6. The maximum atomic E-state index is 14.5. The van der Waals surface area contributed by atoms with E-state index in [1.54, 1.807) is 12.1 Å². The normalized spacial score (nSPS) is 23.6. The zero-order valence-electron chi connectivity index (χ0n) is 31.7. The lowest BCUT2D eigenvalue weighted by molar-refractivity contribution is -0.461. The Kier molecular flexibility index (Phi) is 14.3. The second kappa shape index (κ2) is 18.0. The van der Waals surface area contributed by atoms with E-state index in [2.05, 4.69) is 0 Å². The highest BCUT2D eigenvalue weighted by Crippen LogP contribution is 2.64. The molecule has 0 radical (unpaired) electrons. The third-order valence-electron chi connectivity index (χ3n) is 10.1. The standard InChI is InChI=1S/C39H35F17O6/c1-57-31-29(59-20-24-11-6-3-7-12-24)28(58-19-23-9-4-2-5-10-23)27-26(61-31)21-60-30(62-27)25-16-14-22(15-17-25)13-8-18-32(40,41)33(42,43)34(44,45)35(46,47)36(48,49)37(50,51)38(52,53)39(54,55)56/h2-7,9-12,14-17,26-31H,8,13,18-21H2,1H3/t26-,27-,28+,29-,30?,31+/m1/s1. The van der Waals surface area contributed by atoms with Crippen LogP contribution in [0.2, 0.25) is 0 Å². The van der Waals surface area contributed by atoms with Crippen molar-refractivity contribution in [1.82, 2.24) is 0 Å². The van der Waals surface area contributed by atoms with Crippen LogP contribution >= 0.6 is 0 Å². The molecule has 1 unspecified atom stereocenters. The predicted octanol–water partition coefficient (Wildman–Crippen LogP) is 11.0. The second-order valence-corrected chi connectivity index (χ2v) is 14.3. The molecule has 0 N–H and O–H groups in total. The first-order valence-electron chi connectivity index (χ1n) is 18.2. The smallest absolute Gasteiger partial charge is 0.368 e. The Hall–Kier alpha value is -3.77. The number of halogens is 17. The average molecular weight is 923 g/mol. The lowest BCUT2D eigenvalue weighted by Crippen LogP contribution is -2.74. The van der Waals surface area contributed by atoms with E-state index < -0.39 is 104 Å². The summed E-state index contributed by atoms with van der Waals surface area (Å²) in [5, 5.41) is 0. The Balaban J connectivity index is 1.27. The van der Waals surface area contributed by atoms with Gasteiger partial charge in [0, 0.05) is 19.1 Å². The van der Waals surface area contributed by atoms with Crippen LogP contribution in [-0.4, -0.2) is 92.1 Å². The molecule has 2 heterocycles. The Morgan fingerprint density at radius 2 is 1.00 bits per heavy atom. The summed E-state index contributed by atoms with van der Waals surface area (Å²) < 4.78 is 268. The van der Waals surface area contributed by atoms with Gasteiger partial charge in [0.05, 0.1) is 19.8 Å². The molecule has 6 atom stereocenters. The van der Waals surface area contributed by atoms with E-state index >= 15 is 0 Å². The molecule has 2 aliphatic heterocycles. The first kappa shape index (κ1) is 49.2. The summed E-state index contributed by atoms with van der Waals surface area (Å²) in [6, 6.07) is 23.2. The number of alkyl halides is 17. The third kappa shape index (κ3) is 9.11. The number of rotatable bonds is 18. The molecule has 3 aromatic rings. The minimum atomic E-state index is -8.67. The van der Waals surface area contributed by atoms with Gasteiger partial charge in [-0.2, -0.15) is 74.6 Å². The minimum Gasteiger partial charge on any atom is -0.368 e. The second-order valence-electron chi connectivity index (χ2n) is 14.3. The van der Waals surface area contributed by atoms with Crippen molar-refractivity contribution in [2.45, 2.75) is 117 Å². The first-order chi connectivity index (χ1) is 28.6. The fourth-order valence-electron chi connectivity index (χ4n) is 6.51. The van der Waals surface area contributed by atoms with Crippen LogP contribution in [0.5, 0.6) is 0 Å². The monoisotopic (exact) mass is 922 g/mol. The van der Waals surface area contributed by atoms with Gasteiger partial charge in [0.25, 0.3) is 0 Å². The highest BCUT2D eigenvalue weighted by molar-refractivity contribution is 5.24. The molecule has 0 spiro atoms. The minimum absolute atomic E-state index is 0.00147. The summed E-state index contributed by atoms with van der Waals surface area (Å²) >= 11 is 0. The van der Waals surface area contributed by atoms with Gasteiger partial charge < -0.3 is 28.4 Å². The van der Waals surface area contributed by atoms with Crippen LogP contribution in [0.15, 0.2) is 84.9 Å². The van der Waals surface area contributed by atoms with Gasteiger partial charge in [0.1, 0.15) is 24.4 Å². The Morgan fingerprint density at radius 1 is 0.532 bits per heavy atom. The molecule has 2 fully saturated rings. The summed E-state index contributed by atoms with van der Waals surface area (Å²) in [5.41, 5.74) is 1.90. The van der Waals surface area contributed by atoms with Crippen molar-refractivity contribution in [2.75, 3.05) is 13.7 Å². The maximum Gasteiger partial charge on any atom is 0.460 e. The Bertz CT molecular complexity index is 1900. The van der Waals surface area contributed by atoms with Crippen LogP contribution in [-0.2, 0) is 48.1 Å². The SMILES string of the molecule is CO[C@H]1O[C@@H]2COC(c3ccc(CCCC(F)(F)C(F)(F)C(F)(F)C(F)(F)C(F)(F)C(F)(F)C(F)(F)C(F)(F)F)cc3)O[C@H]2[C@H](OCc2ccccc2)[C@H]1OCc1ccccc1. The van der Waals surface area contributed by atoms with E-state index in [4.69, 9.17) is 28.4 Å². The van der Waals surface area contributed by atoms with Crippen molar-refractivity contribution in [3.63, 3.8) is 0 Å². The van der Waals surface area contributed by atoms with Gasteiger partial charge in [-0.05, 0) is 29.5 Å². The van der Waals surface area contributed by atoms with Gasteiger partial charge in [-0.3, -0.25) is 0 Å². The fraction of sp³-hybridized carbons (Fsp3) is 0.538. The number of aryl methyl sites for hydroxylation is 1. The summed E-state index contributed by atoms with van der Waals surface area (Å²) in [7, 11) is 1.40. The van der Waals surface area contributed by atoms with Crippen LogP contribution in [0, 0.1) is 0 Å². The molecule has 23 heteroatoms. The van der Waals surface area contributed by atoms with Crippen molar-refractivity contribution in [3.05, 3.63) is 107 Å². The van der Waals surface area contributed by atoms with E-state index in [9.17, 15) is 74.6 Å². The Morgan fingerprint density at radius 3 is 1.48 bits per heavy atom. The van der Waals surface area contributed by atoms with Crippen molar-refractivity contribution in [2.24, 2.45) is 0 Å². The van der Waals surface area contributed by atoms with Crippen LogP contribution < -0.4 is 0 Å². The number of ether oxygens (including phenoxy) is 6. The lowest BCUT2D eigenvalue weighted by atomic mass is 9.87. The first-order valence-corrected chi connectivity index (χ1v) is 18.2. The van der Waals surface area contributed by atoms with Crippen LogP contribution in [0.4, 0.5) is 74.6 Å². The van der Waals surface area contributed by atoms with Gasteiger partial charge in [0.2, 0.25) is 0 Å². The topological polar surface area (TPSA) is 55.4 Å². The molecule has 0 amide bonds. The van der Waals surface area contributed by atoms with E-state index in [0.717, 1.165) is 11.1 Å². The summed E-state index contributed by atoms with van der Waals surface area (Å²) in [6.45, 7) is 0.141. The average Bonchev–Trinajstić information content (AvgIpc) is 3.21. The molecule has 2 aliphatic rings. The number of benzene rings is 3. The quantitative estimate of drug-likeness (QED) is 0.119. The zero-order chi connectivity index (χ0) is 46.2. The molecule has 0 bridgehead atoms. The van der Waals surface area contributed by atoms with Gasteiger partial charge in [0.15, 0.2) is 12.6 Å². The van der Waals surface area contributed by atoms with E-state index in [-0.39, 0.29) is 30.9 Å². The van der Waals surface area contributed by atoms with Gasteiger partial charge in [-0.1, -0.05) is 84.9 Å². The van der Waals surface area contributed by atoms with Crippen LogP contribution in [0.25, 0.3) is 0 Å². The molecular formula is C39H35F17O6. The number of hydrogen-bond donors (Lipinski definition) is 0. The van der Waals surface area contributed by atoms with Gasteiger partial charge in [-0.15, -0.1) is 0 Å². The molecule has 2 saturated heterocycles. The van der Waals surface area contributed by atoms with Crippen LogP contribution in [0.1, 0.15) is 41.4 Å². The highest BCUT2D eigenvalue weighted by Gasteiger charge is 2.95. The van der Waals surface area contributed by atoms with Crippen molar-refractivity contribution in [3.8, 4) is 0 Å². The molecule has 0 aromatic heterocycles. The summed E-state index contributed by atoms with van der Waals surface area (Å²) in [5.74, 6) is -56.5. The van der Waals surface area contributed by atoms with E-state index in [1.807, 2.05) is 48.5 Å².